The Balaban J connectivity index is 1.81. The van der Waals surface area contributed by atoms with Crippen molar-refractivity contribution >= 4 is 0 Å². The molecule has 0 amide bonds. The lowest BCUT2D eigenvalue weighted by Crippen LogP contribution is -2.42. The summed E-state index contributed by atoms with van der Waals surface area (Å²) in [5, 5.41) is 0. The minimum atomic E-state index is 0.479. The molecule has 0 heterocycles. The van der Waals surface area contributed by atoms with Gasteiger partial charge in [0.05, 0.1) is 0 Å². The van der Waals surface area contributed by atoms with Crippen molar-refractivity contribution in [1.29, 1.82) is 0 Å². The Morgan fingerprint density at radius 1 is 0.560 bits per heavy atom. The van der Waals surface area contributed by atoms with Crippen LogP contribution >= 0.6 is 0 Å². The molecule has 3 aliphatic rings. The summed E-state index contributed by atoms with van der Waals surface area (Å²) in [4.78, 5) is 0. The van der Waals surface area contributed by atoms with Crippen LogP contribution in [0.1, 0.15) is 100 Å². The third-order valence-electron chi connectivity index (χ3n) is 8.93. The summed E-state index contributed by atoms with van der Waals surface area (Å²) in [6.45, 7) is 20.1. The van der Waals surface area contributed by atoms with E-state index in [1.165, 1.54) is 44.9 Å². The molecule has 0 aromatic heterocycles. The number of rotatable bonds is 1. The first kappa shape index (κ1) is 19.8. The Labute approximate surface area is 158 Å². The summed E-state index contributed by atoms with van der Waals surface area (Å²) in [6, 6.07) is 0. The Morgan fingerprint density at radius 2 is 1.08 bits per heavy atom. The van der Waals surface area contributed by atoms with Crippen LogP contribution in [0.4, 0.5) is 0 Å². The quantitative estimate of drug-likeness (QED) is 0.454. The maximum absolute atomic E-state index is 2.56. The lowest BCUT2D eigenvalue weighted by atomic mass is 9.55. The van der Waals surface area contributed by atoms with Gasteiger partial charge in [-0.15, -0.1) is 0 Å². The van der Waals surface area contributed by atoms with Gasteiger partial charge in [-0.25, -0.2) is 0 Å². The first-order valence-electron chi connectivity index (χ1n) is 11.5. The molecule has 3 rings (SSSR count). The van der Waals surface area contributed by atoms with Gasteiger partial charge < -0.3 is 0 Å². The minimum Gasteiger partial charge on any atom is -0.0625 e. The number of fused-ring (bicyclic) bond motifs is 1. The molecule has 146 valence electrons. The van der Waals surface area contributed by atoms with E-state index < -0.39 is 0 Å². The van der Waals surface area contributed by atoms with E-state index >= 15 is 0 Å². The van der Waals surface area contributed by atoms with Crippen LogP contribution in [0.3, 0.4) is 0 Å². The van der Waals surface area contributed by atoms with Gasteiger partial charge in [0.1, 0.15) is 0 Å². The molecular weight excluding hydrogens is 300 g/mol. The van der Waals surface area contributed by atoms with Crippen molar-refractivity contribution in [3.63, 3.8) is 0 Å². The molecule has 0 N–H and O–H groups in total. The predicted octanol–water partition coefficient (Wildman–Crippen LogP) is 7.82. The highest BCUT2D eigenvalue weighted by Gasteiger charge is 2.48. The van der Waals surface area contributed by atoms with Crippen molar-refractivity contribution in [2.75, 3.05) is 0 Å². The highest BCUT2D eigenvalue weighted by atomic mass is 14.5. The zero-order valence-corrected chi connectivity index (χ0v) is 18.6. The van der Waals surface area contributed by atoms with Crippen molar-refractivity contribution in [2.45, 2.75) is 100 Å². The summed E-state index contributed by atoms with van der Waals surface area (Å²) in [5.41, 5.74) is 0.957. The third-order valence-corrected chi connectivity index (χ3v) is 8.93. The van der Waals surface area contributed by atoms with Gasteiger partial charge in [0.25, 0.3) is 0 Å². The highest BCUT2D eigenvalue weighted by Crippen LogP contribution is 2.57. The normalized spacial score (nSPS) is 46.1. The van der Waals surface area contributed by atoms with Gasteiger partial charge >= 0.3 is 0 Å². The van der Waals surface area contributed by atoms with E-state index in [-0.39, 0.29) is 0 Å². The van der Waals surface area contributed by atoms with E-state index in [0.29, 0.717) is 10.8 Å². The molecule has 7 atom stereocenters. The summed E-state index contributed by atoms with van der Waals surface area (Å²) in [5.74, 6) is 7.98. The summed E-state index contributed by atoms with van der Waals surface area (Å²) in [7, 11) is 0. The number of hydrogen-bond donors (Lipinski definition) is 0. The summed E-state index contributed by atoms with van der Waals surface area (Å²) >= 11 is 0. The molecule has 0 aromatic carbocycles. The molecule has 25 heavy (non-hydrogen) atoms. The van der Waals surface area contributed by atoms with E-state index in [4.69, 9.17) is 0 Å². The van der Waals surface area contributed by atoms with Crippen LogP contribution in [0.15, 0.2) is 0 Å². The zero-order valence-electron chi connectivity index (χ0n) is 18.6. The Morgan fingerprint density at radius 3 is 1.60 bits per heavy atom. The standard InChI is InChI=1S/C25H46/c1-16-11-22-17(2)9-10-21(23(22)12-16)18-13-19(24(3,4)5)15-20(14-18)25(6,7)8/h16-23H,9-15H2,1-8H3/t16?,17?,18?,19?,20?,21-,22?,23?/m1/s1. The molecule has 0 bridgehead atoms. The van der Waals surface area contributed by atoms with E-state index in [1.54, 1.807) is 0 Å². The molecule has 6 unspecified atom stereocenters. The van der Waals surface area contributed by atoms with E-state index in [0.717, 1.165) is 47.3 Å². The van der Waals surface area contributed by atoms with Crippen molar-refractivity contribution < 1.29 is 0 Å². The maximum Gasteiger partial charge on any atom is -0.0350 e. The predicted molar refractivity (Wildman–Crippen MR) is 110 cm³/mol. The average Bonchev–Trinajstić information content (AvgIpc) is 2.88. The molecule has 0 heteroatoms. The van der Waals surface area contributed by atoms with Crippen LogP contribution in [0.5, 0.6) is 0 Å². The monoisotopic (exact) mass is 346 g/mol. The van der Waals surface area contributed by atoms with Crippen LogP contribution < -0.4 is 0 Å². The molecule has 0 aliphatic heterocycles. The van der Waals surface area contributed by atoms with E-state index in [1.807, 2.05) is 0 Å². The summed E-state index contributed by atoms with van der Waals surface area (Å²) < 4.78 is 0. The first-order chi connectivity index (χ1) is 11.5. The Bertz CT molecular complexity index is 426. The van der Waals surface area contributed by atoms with Crippen LogP contribution in [-0.4, -0.2) is 0 Å². The lowest BCUT2D eigenvalue weighted by molar-refractivity contribution is -0.00951. The molecule has 0 nitrogen and oxygen atoms in total. The Kier molecular flexibility index (Phi) is 5.43. The molecule has 3 aliphatic carbocycles. The van der Waals surface area contributed by atoms with Gasteiger partial charge in [0, 0.05) is 0 Å². The fraction of sp³-hybridized carbons (Fsp3) is 1.00. The molecule has 0 aromatic rings. The Hall–Kier alpha value is 0. The number of hydrogen-bond acceptors (Lipinski definition) is 0. The zero-order chi connectivity index (χ0) is 18.6. The smallest absolute Gasteiger partial charge is 0.0350 e. The molecule has 3 fully saturated rings. The second-order valence-corrected chi connectivity index (χ2v) is 12.7. The van der Waals surface area contributed by atoms with Gasteiger partial charge in [-0.1, -0.05) is 61.8 Å². The minimum absolute atomic E-state index is 0.479. The fourth-order valence-corrected chi connectivity index (χ4v) is 7.12. The fourth-order valence-electron chi connectivity index (χ4n) is 7.12. The molecule has 0 spiro atoms. The summed E-state index contributed by atoms with van der Waals surface area (Å²) in [6.07, 6.45) is 10.6. The van der Waals surface area contributed by atoms with Crippen LogP contribution in [0, 0.1) is 58.2 Å². The molecular formula is C25H46. The maximum atomic E-state index is 2.56. The van der Waals surface area contributed by atoms with Crippen LogP contribution in [0.25, 0.3) is 0 Å². The third kappa shape index (κ3) is 4.14. The first-order valence-corrected chi connectivity index (χ1v) is 11.5. The molecule has 0 radical (unpaired) electrons. The molecule has 3 saturated carbocycles. The topological polar surface area (TPSA) is 0 Å². The SMILES string of the molecule is CC1CC2C(C)CC[C@H](C3CC(C(C)(C)C)CC(C(C)(C)C)C3)C2C1. The second kappa shape index (κ2) is 6.87. The van der Waals surface area contributed by atoms with Crippen LogP contribution in [0.2, 0.25) is 0 Å². The van der Waals surface area contributed by atoms with E-state index in [2.05, 4.69) is 55.4 Å². The van der Waals surface area contributed by atoms with Gasteiger partial charge in [-0.2, -0.15) is 0 Å². The van der Waals surface area contributed by atoms with Crippen molar-refractivity contribution in [3.05, 3.63) is 0 Å². The van der Waals surface area contributed by atoms with Crippen molar-refractivity contribution in [2.24, 2.45) is 58.2 Å². The van der Waals surface area contributed by atoms with Crippen LogP contribution in [-0.2, 0) is 0 Å². The van der Waals surface area contributed by atoms with Gasteiger partial charge in [0.2, 0.25) is 0 Å². The highest BCUT2D eigenvalue weighted by molar-refractivity contribution is 4.98. The molecule has 0 saturated heterocycles. The van der Waals surface area contributed by atoms with Gasteiger partial charge in [0.15, 0.2) is 0 Å². The largest absolute Gasteiger partial charge is 0.0625 e. The van der Waals surface area contributed by atoms with E-state index in [9.17, 15) is 0 Å². The second-order valence-electron chi connectivity index (χ2n) is 12.7. The average molecular weight is 347 g/mol. The van der Waals surface area contributed by atoms with Crippen molar-refractivity contribution in [1.82, 2.24) is 0 Å². The van der Waals surface area contributed by atoms with Gasteiger partial charge in [-0.05, 0) is 96.7 Å². The lowest BCUT2D eigenvalue weighted by Gasteiger charge is -2.51. The van der Waals surface area contributed by atoms with Gasteiger partial charge in [-0.3, -0.25) is 0 Å². The van der Waals surface area contributed by atoms with Crippen molar-refractivity contribution in [3.8, 4) is 0 Å².